The third kappa shape index (κ3) is 4.97. The third-order valence-corrected chi connectivity index (χ3v) is 4.81. The van der Waals surface area contributed by atoms with E-state index in [1.165, 1.54) is 12.1 Å². The quantitative estimate of drug-likeness (QED) is 0.318. The second-order valence-corrected chi connectivity index (χ2v) is 7.02. The lowest BCUT2D eigenvalue weighted by Crippen LogP contribution is -1.96. The van der Waals surface area contributed by atoms with Crippen LogP contribution in [0.15, 0.2) is 71.2 Å². The lowest BCUT2D eigenvalue weighted by Gasteiger charge is -2.09. The summed E-state index contributed by atoms with van der Waals surface area (Å²) in [4.78, 5) is 0. The summed E-state index contributed by atoms with van der Waals surface area (Å²) in [6.45, 7) is 0.330. The van der Waals surface area contributed by atoms with Gasteiger partial charge >= 0.3 is 0 Å². The molecular weight excluding hydrogens is 429 g/mol. The molecule has 0 spiro atoms. The van der Waals surface area contributed by atoms with Crippen molar-refractivity contribution in [1.82, 2.24) is 0 Å². The number of allylic oxidation sites excluding steroid dienone is 1. The topological polar surface area (TPSA) is 33.0 Å². The first-order valence-electron chi connectivity index (χ1n) is 8.10. The fourth-order valence-corrected chi connectivity index (χ4v) is 3.23. The summed E-state index contributed by atoms with van der Waals surface area (Å²) in [5, 5.41) is 10.0. The molecule has 0 aliphatic carbocycles. The molecule has 3 aromatic carbocycles. The molecule has 0 radical (unpaired) electrons. The first-order chi connectivity index (χ1) is 13.1. The summed E-state index contributed by atoms with van der Waals surface area (Å²) in [7, 11) is 0. The Hall–Kier alpha value is -2.61. The molecule has 0 unspecified atom stereocenters. The second-order valence-electron chi connectivity index (χ2n) is 5.75. The van der Waals surface area contributed by atoms with Crippen LogP contribution < -0.4 is 4.74 Å². The van der Waals surface area contributed by atoms with Crippen LogP contribution in [-0.4, -0.2) is 0 Å². The largest absolute Gasteiger partial charge is 0.488 e. The monoisotopic (exact) mass is 441 g/mol. The van der Waals surface area contributed by atoms with E-state index in [-0.39, 0.29) is 5.82 Å². The van der Waals surface area contributed by atoms with Crippen molar-refractivity contribution in [3.8, 4) is 11.8 Å². The highest BCUT2D eigenvalue weighted by Gasteiger charge is 2.07. The van der Waals surface area contributed by atoms with Crippen LogP contribution >= 0.6 is 27.5 Å². The third-order valence-electron chi connectivity index (χ3n) is 3.86. The summed E-state index contributed by atoms with van der Waals surface area (Å²) in [5.74, 6) is 0.385. The molecule has 2 nitrogen and oxygen atoms in total. The van der Waals surface area contributed by atoms with E-state index in [4.69, 9.17) is 16.3 Å². The van der Waals surface area contributed by atoms with Crippen molar-refractivity contribution in [1.29, 1.82) is 5.26 Å². The van der Waals surface area contributed by atoms with Crippen LogP contribution in [0.3, 0.4) is 0 Å². The highest BCUT2D eigenvalue weighted by Crippen LogP contribution is 2.30. The smallest absolute Gasteiger partial charge is 0.134 e. The van der Waals surface area contributed by atoms with E-state index in [9.17, 15) is 9.65 Å². The van der Waals surface area contributed by atoms with Gasteiger partial charge in [-0.25, -0.2) is 4.39 Å². The molecule has 5 heteroatoms. The minimum absolute atomic E-state index is 0.275. The summed E-state index contributed by atoms with van der Waals surface area (Å²) in [6, 6.07) is 21.1. The van der Waals surface area contributed by atoms with Gasteiger partial charge in [0, 0.05) is 10.6 Å². The Balaban J connectivity index is 1.78. The summed E-state index contributed by atoms with van der Waals surface area (Å²) < 4.78 is 19.5. The zero-order valence-corrected chi connectivity index (χ0v) is 16.5. The molecular formula is C22H14BrClFNO. The van der Waals surface area contributed by atoms with Crippen molar-refractivity contribution < 1.29 is 9.13 Å². The van der Waals surface area contributed by atoms with Crippen LogP contribution in [0.25, 0.3) is 11.6 Å². The number of hydrogen-bond donors (Lipinski definition) is 0. The maximum atomic E-state index is 13.0. The molecule has 0 atom stereocenters. The van der Waals surface area contributed by atoms with Gasteiger partial charge in [-0.05, 0) is 63.5 Å². The molecule has 0 saturated heterocycles. The van der Waals surface area contributed by atoms with E-state index in [1.54, 1.807) is 24.3 Å². The van der Waals surface area contributed by atoms with E-state index in [1.807, 2.05) is 36.4 Å². The predicted octanol–water partition coefficient (Wildman–Crippen LogP) is 6.88. The molecule has 0 N–H and O–H groups in total. The molecule has 0 fully saturated rings. The van der Waals surface area contributed by atoms with Gasteiger partial charge in [-0.2, -0.15) is 5.26 Å². The number of nitriles is 1. The Kier molecular flexibility index (Phi) is 6.28. The Morgan fingerprint density at radius 1 is 1.11 bits per heavy atom. The molecule has 27 heavy (non-hydrogen) atoms. The van der Waals surface area contributed by atoms with Crippen molar-refractivity contribution in [2.75, 3.05) is 0 Å². The van der Waals surface area contributed by atoms with Gasteiger partial charge in [-0.15, -0.1) is 0 Å². The molecule has 134 valence electrons. The standard InChI is InChI=1S/C22H14BrClFNO/c23-20-12-16(11-17(13-26)19-3-1-2-4-21(19)24)7-10-22(20)27-14-15-5-8-18(25)9-6-15/h1-12H,14H2. The Bertz CT molecular complexity index is 1030. The maximum Gasteiger partial charge on any atom is 0.134 e. The normalized spacial score (nSPS) is 11.1. The molecule has 0 aromatic heterocycles. The van der Waals surface area contributed by atoms with E-state index in [0.717, 1.165) is 15.6 Å². The number of ether oxygens (including phenoxy) is 1. The molecule has 0 heterocycles. The number of rotatable bonds is 5. The molecule has 0 aliphatic heterocycles. The van der Waals surface area contributed by atoms with Gasteiger partial charge in [0.05, 0.1) is 16.1 Å². The average molecular weight is 443 g/mol. The molecule has 0 saturated carbocycles. The van der Waals surface area contributed by atoms with Gasteiger partial charge in [0.1, 0.15) is 18.2 Å². The van der Waals surface area contributed by atoms with Gasteiger partial charge in [-0.1, -0.05) is 48.0 Å². The number of benzene rings is 3. The van der Waals surface area contributed by atoms with Crippen LogP contribution in [-0.2, 0) is 6.61 Å². The Morgan fingerprint density at radius 3 is 2.52 bits per heavy atom. The molecule has 0 aliphatic rings. The number of hydrogen-bond acceptors (Lipinski definition) is 2. The highest BCUT2D eigenvalue weighted by molar-refractivity contribution is 9.10. The maximum absolute atomic E-state index is 13.0. The number of nitrogens with zero attached hydrogens (tertiary/aromatic N) is 1. The predicted molar refractivity (Wildman–Crippen MR) is 110 cm³/mol. The van der Waals surface area contributed by atoms with Crippen molar-refractivity contribution in [2.24, 2.45) is 0 Å². The summed E-state index contributed by atoms with van der Waals surface area (Å²) in [6.07, 6.45) is 1.77. The van der Waals surface area contributed by atoms with Crippen molar-refractivity contribution in [3.63, 3.8) is 0 Å². The van der Waals surface area contributed by atoms with Crippen LogP contribution in [0.1, 0.15) is 16.7 Å². The van der Waals surface area contributed by atoms with Crippen LogP contribution in [0.4, 0.5) is 4.39 Å². The highest BCUT2D eigenvalue weighted by atomic mass is 79.9. The van der Waals surface area contributed by atoms with Crippen molar-refractivity contribution in [3.05, 3.63) is 98.7 Å². The van der Waals surface area contributed by atoms with Gasteiger partial charge in [0.2, 0.25) is 0 Å². The van der Waals surface area contributed by atoms with E-state index in [2.05, 4.69) is 22.0 Å². The average Bonchev–Trinajstić information content (AvgIpc) is 2.67. The lowest BCUT2D eigenvalue weighted by molar-refractivity contribution is 0.304. The minimum atomic E-state index is -0.275. The zero-order chi connectivity index (χ0) is 19.2. The zero-order valence-electron chi connectivity index (χ0n) is 14.1. The molecule has 0 bridgehead atoms. The van der Waals surface area contributed by atoms with Crippen molar-refractivity contribution >= 4 is 39.2 Å². The summed E-state index contributed by atoms with van der Waals surface area (Å²) in [5.41, 5.74) is 2.88. The van der Waals surface area contributed by atoms with E-state index >= 15 is 0 Å². The Morgan fingerprint density at radius 2 is 1.85 bits per heavy atom. The van der Waals surface area contributed by atoms with Crippen LogP contribution in [0.2, 0.25) is 5.02 Å². The van der Waals surface area contributed by atoms with E-state index < -0.39 is 0 Å². The molecule has 3 aromatic rings. The number of halogens is 3. The minimum Gasteiger partial charge on any atom is -0.488 e. The van der Waals surface area contributed by atoms with Gasteiger partial charge < -0.3 is 4.74 Å². The van der Waals surface area contributed by atoms with Crippen LogP contribution in [0, 0.1) is 17.1 Å². The molecule has 0 amide bonds. The Labute approximate surface area is 170 Å². The van der Waals surface area contributed by atoms with Gasteiger partial charge in [0.15, 0.2) is 0 Å². The fraction of sp³-hybridized carbons (Fsp3) is 0.0455. The summed E-state index contributed by atoms with van der Waals surface area (Å²) >= 11 is 9.68. The van der Waals surface area contributed by atoms with Crippen LogP contribution in [0.5, 0.6) is 5.75 Å². The van der Waals surface area contributed by atoms with E-state index in [0.29, 0.717) is 28.5 Å². The second kappa shape index (κ2) is 8.85. The van der Waals surface area contributed by atoms with Crippen molar-refractivity contribution in [2.45, 2.75) is 6.61 Å². The van der Waals surface area contributed by atoms with Gasteiger partial charge in [0.25, 0.3) is 0 Å². The molecule has 3 rings (SSSR count). The lowest BCUT2D eigenvalue weighted by atomic mass is 10.0. The fourth-order valence-electron chi connectivity index (χ4n) is 2.48. The first kappa shape index (κ1) is 19.2. The van der Waals surface area contributed by atoms with Gasteiger partial charge in [-0.3, -0.25) is 0 Å². The first-order valence-corrected chi connectivity index (χ1v) is 9.27. The SMILES string of the molecule is N#CC(=Cc1ccc(OCc2ccc(F)cc2)c(Br)c1)c1ccccc1Cl.